The van der Waals surface area contributed by atoms with Gasteiger partial charge in [-0.2, -0.15) is 9.71 Å². The molecule has 0 bridgehead atoms. The van der Waals surface area contributed by atoms with Crippen molar-refractivity contribution >= 4 is 15.7 Å². The average molecular weight is 431 g/mol. The van der Waals surface area contributed by atoms with Crippen LogP contribution in [0.3, 0.4) is 0 Å². The molecule has 0 aliphatic heterocycles. The summed E-state index contributed by atoms with van der Waals surface area (Å²) < 4.78 is 34.1. The SMILES string of the molecule is CCc1ccc([N+](=O)[O-])cc1S(=O)(=O)NC(c1nc(-c2ccncc2)no1)C(C)C. The van der Waals surface area contributed by atoms with Crippen molar-refractivity contribution in [2.75, 3.05) is 0 Å². The molecular weight excluding hydrogens is 410 g/mol. The molecular formula is C19H21N5O5S. The number of sulfonamides is 1. The van der Waals surface area contributed by atoms with E-state index in [2.05, 4.69) is 19.8 Å². The van der Waals surface area contributed by atoms with E-state index in [1.165, 1.54) is 12.1 Å². The van der Waals surface area contributed by atoms with Gasteiger partial charge in [0.2, 0.25) is 21.7 Å². The van der Waals surface area contributed by atoms with E-state index in [0.717, 1.165) is 6.07 Å². The van der Waals surface area contributed by atoms with Crippen LogP contribution in [0.2, 0.25) is 0 Å². The fourth-order valence-corrected chi connectivity index (χ4v) is 4.55. The zero-order valence-electron chi connectivity index (χ0n) is 16.6. The standard InChI is InChI=1S/C19H21N5O5S/c1-4-13-5-6-15(24(25)26)11-16(13)30(27,28)23-17(12(2)3)19-21-18(22-29-19)14-7-9-20-10-8-14/h5-12,17,23H,4H2,1-3H3. The second-order valence-corrected chi connectivity index (χ2v) is 8.62. The lowest BCUT2D eigenvalue weighted by molar-refractivity contribution is -0.385. The van der Waals surface area contributed by atoms with Gasteiger partial charge in [0.05, 0.1) is 9.82 Å². The maximum Gasteiger partial charge on any atom is 0.270 e. The molecule has 2 heterocycles. The van der Waals surface area contributed by atoms with Gasteiger partial charge in [0.1, 0.15) is 6.04 Å². The van der Waals surface area contributed by atoms with Crippen molar-refractivity contribution < 1.29 is 17.9 Å². The van der Waals surface area contributed by atoms with Crippen LogP contribution in [0.15, 0.2) is 52.1 Å². The number of hydrogen-bond donors (Lipinski definition) is 1. The highest BCUT2D eigenvalue weighted by molar-refractivity contribution is 7.89. The molecule has 1 N–H and O–H groups in total. The van der Waals surface area contributed by atoms with E-state index in [0.29, 0.717) is 23.4 Å². The van der Waals surface area contributed by atoms with Gasteiger partial charge >= 0.3 is 0 Å². The van der Waals surface area contributed by atoms with Crippen LogP contribution >= 0.6 is 0 Å². The van der Waals surface area contributed by atoms with E-state index in [1.807, 2.05) is 0 Å². The van der Waals surface area contributed by atoms with Gasteiger partial charge in [0.25, 0.3) is 5.69 Å². The van der Waals surface area contributed by atoms with Crippen LogP contribution in [0.5, 0.6) is 0 Å². The lowest BCUT2D eigenvalue weighted by Gasteiger charge is -2.19. The van der Waals surface area contributed by atoms with Gasteiger partial charge in [-0.15, -0.1) is 0 Å². The average Bonchev–Trinajstić information content (AvgIpc) is 3.22. The number of hydrogen-bond acceptors (Lipinski definition) is 8. The third-order valence-electron chi connectivity index (χ3n) is 4.53. The molecule has 0 fully saturated rings. The zero-order valence-corrected chi connectivity index (χ0v) is 17.5. The number of benzene rings is 1. The van der Waals surface area contributed by atoms with Crippen molar-refractivity contribution in [1.29, 1.82) is 0 Å². The topological polar surface area (TPSA) is 141 Å². The Hall–Kier alpha value is -3.18. The van der Waals surface area contributed by atoms with E-state index in [-0.39, 0.29) is 22.4 Å². The highest BCUT2D eigenvalue weighted by atomic mass is 32.2. The number of aryl methyl sites for hydroxylation is 1. The second kappa shape index (κ2) is 8.67. The van der Waals surface area contributed by atoms with E-state index >= 15 is 0 Å². The summed E-state index contributed by atoms with van der Waals surface area (Å²) in [4.78, 5) is 18.6. The van der Waals surface area contributed by atoms with E-state index in [4.69, 9.17) is 4.52 Å². The summed E-state index contributed by atoms with van der Waals surface area (Å²) in [5.41, 5.74) is 0.849. The highest BCUT2D eigenvalue weighted by Crippen LogP contribution is 2.28. The minimum Gasteiger partial charge on any atom is -0.337 e. The first-order valence-corrected chi connectivity index (χ1v) is 10.7. The van der Waals surface area contributed by atoms with Crippen LogP contribution in [-0.4, -0.2) is 28.5 Å². The summed E-state index contributed by atoms with van der Waals surface area (Å²) in [7, 11) is -4.10. The smallest absolute Gasteiger partial charge is 0.270 e. The van der Waals surface area contributed by atoms with Gasteiger partial charge in [-0.05, 0) is 30.0 Å². The summed E-state index contributed by atoms with van der Waals surface area (Å²) in [5, 5.41) is 15.0. The van der Waals surface area contributed by atoms with Crippen molar-refractivity contribution in [2.45, 2.75) is 38.1 Å². The van der Waals surface area contributed by atoms with Crippen LogP contribution in [0.25, 0.3) is 11.4 Å². The summed E-state index contributed by atoms with van der Waals surface area (Å²) in [5.74, 6) is 0.181. The monoisotopic (exact) mass is 431 g/mol. The molecule has 2 aromatic heterocycles. The number of nitro benzene ring substituents is 1. The molecule has 1 atom stereocenters. The van der Waals surface area contributed by atoms with Gasteiger partial charge < -0.3 is 4.52 Å². The van der Waals surface area contributed by atoms with Crippen molar-refractivity contribution in [3.05, 3.63) is 64.3 Å². The molecule has 10 nitrogen and oxygen atoms in total. The Kier molecular flexibility index (Phi) is 6.22. The minimum absolute atomic E-state index is 0.101. The Morgan fingerprint density at radius 2 is 1.90 bits per heavy atom. The van der Waals surface area contributed by atoms with E-state index in [1.54, 1.807) is 45.3 Å². The number of nitro groups is 1. The fourth-order valence-electron chi connectivity index (χ4n) is 2.88. The van der Waals surface area contributed by atoms with Crippen molar-refractivity contribution in [3.8, 4) is 11.4 Å². The molecule has 0 spiro atoms. The Bertz CT molecular complexity index is 1150. The zero-order chi connectivity index (χ0) is 21.9. The molecule has 3 aromatic rings. The molecule has 0 aliphatic carbocycles. The molecule has 11 heteroatoms. The summed E-state index contributed by atoms with van der Waals surface area (Å²) in [6.45, 7) is 5.38. The Labute approximate surface area is 173 Å². The maximum atomic E-state index is 13.1. The quantitative estimate of drug-likeness (QED) is 0.423. The van der Waals surface area contributed by atoms with E-state index < -0.39 is 21.0 Å². The third-order valence-corrected chi connectivity index (χ3v) is 6.05. The predicted octanol–water partition coefficient (Wildman–Crippen LogP) is 3.28. The minimum atomic E-state index is -4.10. The lowest BCUT2D eigenvalue weighted by atomic mass is 10.1. The largest absolute Gasteiger partial charge is 0.337 e. The molecule has 0 saturated heterocycles. The van der Waals surface area contributed by atoms with Crippen LogP contribution in [0.1, 0.15) is 38.3 Å². The number of nitrogens with one attached hydrogen (secondary N) is 1. The molecule has 0 amide bonds. The molecule has 1 aromatic carbocycles. The van der Waals surface area contributed by atoms with Gasteiger partial charge in [-0.25, -0.2) is 8.42 Å². The normalized spacial score (nSPS) is 12.8. The first-order valence-electron chi connectivity index (χ1n) is 9.26. The molecule has 0 saturated carbocycles. The van der Waals surface area contributed by atoms with Crippen LogP contribution < -0.4 is 4.72 Å². The first-order chi connectivity index (χ1) is 14.2. The van der Waals surface area contributed by atoms with Crippen molar-refractivity contribution in [2.24, 2.45) is 5.92 Å². The summed E-state index contributed by atoms with van der Waals surface area (Å²) in [6, 6.07) is 6.40. The van der Waals surface area contributed by atoms with E-state index in [9.17, 15) is 18.5 Å². The second-order valence-electron chi connectivity index (χ2n) is 6.94. The number of aromatic nitrogens is 3. The van der Waals surface area contributed by atoms with Gasteiger partial charge in [-0.3, -0.25) is 15.1 Å². The lowest BCUT2D eigenvalue weighted by Crippen LogP contribution is -2.32. The Morgan fingerprint density at radius 3 is 2.50 bits per heavy atom. The first kappa shape index (κ1) is 21.5. The Morgan fingerprint density at radius 1 is 1.20 bits per heavy atom. The Balaban J connectivity index is 1.97. The fraction of sp³-hybridized carbons (Fsp3) is 0.316. The number of nitrogens with zero attached hydrogens (tertiary/aromatic N) is 4. The molecule has 0 radical (unpaired) electrons. The highest BCUT2D eigenvalue weighted by Gasteiger charge is 2.30. The number of rotatable bonds is 8. The number of pyridine rings is 1. The van der Waals surface area contributed by atoms with Crippen LogP contribution in [0.4, 0.5) is 5.69 Å². The molecule has 0 aliphatic rings. The van der Waals surface area contributed by atoms with Gasteiger partial charge in [0.15, 0.2) is 0 Å². The molecule has 1 unspecified atom stereocenters. The summed E-state index contributed by atoms with van der Waals surface area (Å²) >= 11 is 0. The van der Waals surface area contributed by atoms with Gasteiger partial charge in [-0.1, -0.05) is 32.0 Å². The molecule has 3 rings (SSSR count). The number of non-ortho nitro benzene ring substituents is 1. The third kappa shape index (κ3) is 4.52. The molecule has 158 valence electrons. The maximum absolute atomic E-state index is 13.1. The van der Waals surface area contributed by atoms with Crippen molar-refractivity contribution in [3.63, 3.8) is 0 Å². The van der Waals surface area contributed by atoms with Crippen LogP contribution in [0, 0.1) is 16.0 Å². The molecule has 30 heavy (non-hydrogen) atoms. The van der Waals surface area contributed by atoms with Gasteiger partial charge in [0, 0.05) is 30.1 Å². The summed E-state index contributed by atoms with van der Waals surface area (Å²) in [6.07, 6.45) is 3.57. The van der Waals surface area contributed by atoms with Crippen LogP contribution in [-0.2, 0) is 16.4 Å². The predicted molar refractivity (Wildman–Crippen MR) is 108 cm³/mol. The van der Waals surface area contributed by atoms with Crippen molar-refractivity contribution in [1.82, 2.24) is 19.8 Å².